The fourth-order valence-electron chi connectivity index (χ4n) is 0.544. The molecule has 0 saturated heterocycles. The SMILES string of the molecule is CC.Cc1cn(C)cn1. The highest BCUT2D eigenvalue weighted by Gasteiger charge is 1.81. The molecule has 0 fully saturated rings. The molecule has 1 rings (SSSR count). The lowest BCUT2D eigenvalue weighted by molar-refractivity contribution is 0.913. The number of aromatic nitrogens is 2. The molecule has 0 radical (unpaired) electrons. The van der Waals surface area contributed by atoms with E-state index in [0.29, 0.717) is 0 Å². The highest BCUT2D eigenvalue weighted by molar-refractivity contribution is 4.90. The van der Waals surface area contributed by atoms with E-state index in [0.717, 1.165) is 5.69 Å². The maximum atomic E-state index is 3.98. The lowest BCUT2D eigenvalue weighted by Gasteiger charge is -1.78. The van der Waals surface area contributed by atoms with Crippen LogP contribution in [0, 0.1) is 6.92 Å². The van der Waals surface area contributed by atoms with Gasteiger partial charge in [-0.2, -0.15) is 0 Å². The molecule has 0 amide bonds. The average Bonchev–Trinajstić information content (AvgIpc) is 2.20. The first kappa shape index (κ1) is 8.21. The van der Waals surface area contributed by atoms with Gasteiger partial charge in [0.25, 0.3) is 0 Å². The van der Waals surface area contributed by atoms with Gasteiger partial charge in [-0.3, -0.25) is 0 Å². The second kappa shape index (κ2) is 4.13. The van der Waals surface area contributed by atoms with Crippen LogP contribution in [-0.2, 0) is 7.05 Å². The van der Waals surface area contributed by atoms with Gasteiger partial charge in [0.15, 0.2) is 0 Å². The van der Waals surface area contributed by atoms with Crippen LogP contribution in [0.2, 0.25) is 0 Å². The van der Waals surface area contributed by atoms with Gasteiger partial charge in [0.1, 0.15) is 0 Å². The van der Waals surface area contributed by atoms with Crippen molar-refractivity contribution in [2.24, 2.45) is 7.05 Å². The third-order valence-corrected chi connectivity index (χ3v) is 0.834. The van der Waals surface area contributed by atoms with Crippen molar-refractivity contribution in [3.8, 4) is 0 Å². The van der Waals surface area contributed by atoms with Crippen LogP contribution in [0.5, 0.6) is 0 Å². The summed E-state index contributed by atoms with van der Waals surface area (Å²) in [5.74, 6) is 0. The first-order valence-corrected chi connectivity index (χ1v) is 3.23. The smallest absolute Gasteiger partial charge is 0.0946 e. The molecule has 1 aromatic rings. The summed E-state index contributed by atoms with van der Waals surface area (Å²) in [5, 5.41) is 0. The number of aryl methyl sites for hydroxylation is 2. The first-order valence-electron chi connectivity index (χ1n) is 3.23. The Morgan fingerprint density at radius 2 is 2.00 bits per heavy atom. The Bertz CT molecular complexity index is 139. The van der Waals surface area contributed by atoms with E-state index in [9.17, 15) is 0 Å². The fraction of sp³-hybridized carbons (Fsp3) is 0.571. The molecule has 1 aromatic heterocycles. The number of nitrogens with zero attached hydrogens (tertiary/aromatic N) is 2. The van der Waals surface area contributed by atoms with Crippen molar-refractivity contribution < 1.29 is 0 Å². The molecule has 0 aliphatic rings. The van der Waals surface area contributed by atoms with E-state index in [1.165, 1.54) is 0 Å². The molecule has 0 aromatic carbocycles. The third-order valence-electron chi connectivity index (χ3n) is 0.834. The van der Waals surface area contributed by atoms with Gasteiger partial charge in [0, 0.05) is 13.2 Å². The highest BCUT2D eigenvalue weighted by Crippen LogP contribution is 1.86. The van der Waals surface area contributed by atoms with Crippen LogP contribution in [0.1, 0.15) is 19.5 Å². The normalized spacial score (nSPS) is 8.00. The van der Waals surface area contributed by atoms with Crippen LogP contribution in [0.3, 0.4) is 0 Å². The molecule has 0 aliphatic heterocycles. The quantitative estimate of drug-likeness (QED) is 0.518. The summed E-state index contributed by atoms with van der Waals surface area (Å²) >= 11 is 0. The second-order valence-electron chi connectivity index (χ2n) is 1.68. The predicted molar refractivity (Wildman–Crippen MR) is 39.3 cm³/mol. The summed E-state index contributed by atoms with van der Waals surface area (Å²) in [6, 6.07) is 0. The molecule has 0 spiro atoms. The van der Waals surface area contributed by atoms with Crippen LogP contribution >= 0.6 is 0 Å². The van der Waals surface area contributed by atoms with Crippen molar-refractivity contribution in [2.75, 3.05) is 0 Å². The van der Waals surface area contributed by atoms with Crippen LogP contribution < -0.4 is 0 Å². The number of hydrogen-bond acceptors (Lipinski definition) is 1. The van der Waals surface area contributed by atoms with Crippen molar-refractivity contribution >= 4 is 0 Å². The monoisotopic (exact) mass is 126 g/mol. The molecule has 0 aliphatic carbocycles. The second-order valence-corrected chi connectivity index (χ2v) is 1.68. The number of imidazole rings is 1. The van der Waals surface area contributed by atoms with Crippen molar-refractivity contribution in [1.29, 1.82) is 0 Å². The summed E-state index contributed by atoms with van der Waals surface area (Å²) in [6.07, 6.45) is 3.76. The van der Waals surface area contributed by atoms with E-state index in [1.807, 2.05) is 38.6 Å². The summed E-state index contributed by atoms with van der Waals surface area (Å²) in [5.41, 5.74) is 1.07. The minimum atomic E-state index is 1.07. The van der Waals surface area contributed by atoms with Crippen molar-refractivity contribution in [3.05, 3.63) is 18.2 Å². The van der Waals surface area contributed by atoms with Gasteiger partial charge in [0.05, 0.1) is 12.0 Å². The molecule has 2 heteroatoms. The Labute approximate surface area is 56.5 Å². The minimum absolute atomic E-state index is 1.07. The minimum Gasteiger partial charge on any atom is -0.340 e. The predicted octanol–water partition coefficient (Wildman–Crippen LogP) is 1.75. The Kier molecular flexibility index (Phi) is 3.76. The summed E-state index contributed by atoms with van der Waals surface area (Å²) in [7, 11) is 1.96. The molecule has 9 heavy (non-hydrogen) atoms. The Morgan fingerprint density at radius 1 is 1.44 bits per heavy atom. The van der Waals surface area contributed by atoms with Gasteiger partial charge >= 0.3 is 0 Å². The fourth-order valence-corrected chi connectivity index (χ4v) is 0.544. The molecule has 2 nitrogen and oxygen atoms in total. The van der Waals surface area contributed by atoms with Crippen LogP contribution in [0.25, 0.3) is 0 Å². The van der Waals surface area contributed by atoms with Crippen molar-refractivity contribution in [1.82, 2.24) is 9.55 Å². The third kappa shape index (κ3) is 2.90. The molecule has 0 atom stereocenters. The number of hydrogen-bond donors (Lipinski definition) is 0. The van der Waals surface area contributed by atoms with Gasteiger partial charge in [-0.05, 0) is 6.92 Å². The highest BCUT2D eigenvalue weighted by atomic mass is 15.0. The lowest BCUT2D eigenvalue weighted by Crippen LogP contribution is -1.76. The maximum Gasteiger partial charge on any atom is 0.0946 e. The van der Waals surface area contributed by atoms with E-state index in [1.54, 1.807) is 6.33 Å². The molecule has 52 valence electrons. The largest absolute Gasteiger partial charge is 0.340 e. The standard InChI is InChI=1S/C5H8N2.C2H6/c1-5-3-7(2)4-6-5;1-2/h3-4H,1-2H3;1-2H3. The van der Waals surface area contributed by atoms with E-state index < -0.39 is 0 Å². The van der Waals surface area contributed by atoms with E-state index in [-0.39, 0.29) is 0 Å². The summed E-state index contributed by atoms with van der Waals surface area (Å²) < 4.78 is 1.93. The first-order chi connectivity index (χ1) is 4.29. The molecule has 0 unspecified atom stereocenters. The van der Waals surface area contributed by atoms with E-state index in [4.69, 9.17) is 0 Å². The van der Waals surface area contributed by atoms with Crippen molar-refractivity contribution in [2.45, 2.75) is 20.8 Å². The van der Waals surface area contributed by atoms with Gasteiger partial charge in [0.2, 0.25) is 0 Å². The van der Waals surface area contributed by atoms with Gasteiger partial charge in [-0.1, -0.05) is 13.8 Å². The average molecular weight is 126 g/mol. The van der Waals surface area contributed by atoms with Gasteiger partial charge in [-0.25, -0.2) is 4.98 Å². The molecular weight excluding hydrogens is 112 g/mol. The van der Waals surface area contributed by atoms with E-state index >= 15 is 0 Å². The zero-order valence-corrected chi connectivity index (χ0v) is 6.55. The van der Waals surface area contributed by atoms with Gasteiger partial charge in [-0.15, -0.1) is 0 Å². The Morgan fingerprint density at radius 3 is 2.11 bits per heavy atom. The lowest BCUT2D eigenvalue weighted by atomic mass is 10.6. The molecule has 0 N–H and O–H groups in total. The topological polar surface area (TPSA) is 17.8 Å². The summed E-state index contributed by atoms with van der Waals surface area (Å²) in [4.78, 5) is 3.98. The zero-order chi connectivity index (χ0) is 7.28. The van der Waals surface area contributed by atoms with Crippen LogP contribution in [0.15, 0.2) is 12.5 Å². The Hall–Kier alpha value is -0.790. The molecular formula is C7H14N2. The molecule has 0 saturated carbocycles. The van der Waals surface area contributed by atoms with Crippen molar-refractivity contribution in [3.63, 3.8) is 0 Å². The molecule has 0 bridgehead atoms. The maximum absolute atomic E-state index is 3.98. The zero-order valence-electron chi connectivity index (χ0n) is 6.55. The Balaban J connectivity index is 0.000000291. The molecule has 1 heterocycles. The van der Waals surface area contributed by atoms with E-state index in [2.05, 4.69) is 4.98 Å². The summed E-state index contributed by atoms with van der Waals surface area (Å²) in [6.45, 7) is 5.97. The van der Waals surface area contributed by atoms with Crippen LogP contribution in [-0.4, -0.2) is 9.55 Å². The van der Waals surface area contributed by atoms with Gasteiger partial charge < -0.3 is 4.57 Å². The van der Waals surface area contributed by atoms with Crippen LogP contribution in [0.4, 0.5) is 0 Å². The number of rotatable bonds is 0.